The van der Waals surface area contributed by atoms with Gasteiger partial charge in [0, 0.05) is 5.75 Å². The Labute approximate surface area is 53.9 Å². The largest absolute Gasteiger partial charge is 0.290 e. The maximum atomic E-state index is 4.94. The number of hydrogen-bond donors (Lipinski definition) is 1. The number of hydrogen-bond acceptors (Lipinski definition) is 2. The normalized spacial score (nSPS) is 11.6. The SMILES string of the molecule is [CH2]CC[SH](OC)OC. The van der Waals surface area contributed by atoms with E-state index in [1.54, 1.807) is 14.2 Å². The monoisotopic (exact) mass is 137 g/mol. The van der Waals surface area contributed by atoms with Crippen molar-refractivity contribution in [3.8, 4) is 0 Å². The van der Waals surface area contributed by atoms with Crippen molar-refractivity contribution >= 4 is 11.5 Å². The van der Waals surface area contributed by atoms with Gasteiger partial charge in [-0.05, 0) is 6.42 Å². The van der Waals surface area contributed by atoms with E-state index < -0.39 is 11.5 Å². The molecule has 0 amide bonds. The summed E-state index contributed by atoms with van der Waals surface area (Å²) < 4.78 is 9.88. The van der Waals surface area contributed by atoms with Gasteiger partial charge < -0.3 is 0 Å². The molecule has 0 aromatic rings. The maximum Gasteiger partial charge on any atom is 0.0601 e. The lowest BCUT2D eigenvalue weighted by molar-refractivity contribution is 0.367. The van der Waals surface area contributed by atoms with Crippen molar-refractivity contribution in [1.29, 1.82) is 0 Å². The van der Waals surface area contributed by atoms with Crippen LogP contribution in [0.2, 0.25) is 0 Å². The number of thiol groups is 1. The Hall–Kier alpha value is 0.270. The summed E-state index contributed by atoms with van der Waals surface area (Å²) >= 11 is -0.619. The summed E-state index contributed by atoms with van der Waals surface area (Å²) in [5.74, 6) is 0.933. The third-order valence-corrected chi connectivity index (χ3v) is 2.24. The highest BCUT2D eigenvalue weighted by Crippen LogP contribution is 2.25. The standard InChI is InChI=1S/C5H13O2S/c1-4-5-8(6-2)7-3/h8H,1,4-5H2,2-3H3. The molecule has 0 saturated carbocycles. The van der Waals surface area contributed by atoms with Crippen molar-refractivity contribution in [2.45, 2.75) is 6.42 Å². The quantitative estimate of drug-likeness (QED) is 0.589. The molecule has 0 N–H and O–H groups in total. The van der Waals surface area contributed by atoms with Gasteiger partial charge >= 0.3 is 0 Å². The predicted octanol–water partition coefficient (Wildman–Crippen LogP) is 1.33. The maximum absolute atomic E-state index is 4.94. The molecule has 0 aliphatic carbocycles. The second-order valence-electron chi connectivity index (χ2n) is 1.28. The molecule has 0 spiro atoms. The Balaban J connectivity index is 3.07. The molecule has 0 aliphatic heterocycles. The molecule has 3 heteroatoms. The van der Waals surface area contributed by atoms with Gasteiger partial charge in [0.1, 0.15) is 0 Å². The van der Waals surface area contributed by atoms with Gasteiger partial charge in [0.25, 0.3) is 0 Å². The van der Waals surface area contributed by atoms with E-state index in [1.165, 1.54) is 0 Å². The summed E-state index contributed by atoms with van der Waals surface area (Å²) in [5, 5.41) is 0. The number of rotatable bonds is 4. The lowest BCUT2D eigenvalue weighted by Crippen LogP contribution is -1.90. The van der Waals surface area contributed by atoms with Crippen LogP contribution in [0.4, 0.5) is 0 Å². The van der Waals surface area contributed by atoms with Crippen LogP contribution in [-0.2, 0) is 8.37 Å². The van der Waals surface area contributed by atoms with E-state index in [0.717, 1.165) is 12.2 Å². The molecule has 0 aliphatic rings. The summed E-state index contributed by atoms with van der Waals surface area (Å²) in [4.78, 5) is 0. The molecule has 8 heavy (non-hydrogen) atoms. The van der Waals surface area contributed by atoms with E-state index in [2.05, 4.69) is 6.92 Å². The van der Waals surface area contributed by atoms with Crippen LogP contribution in [0.1, 0.15) is 6.42 Å². The molecule has 0 saturated heterocycles. The van der Waals surface area contributed by atoms with Crippen molar-refractivity contribution in [3.63, 3.8) is 0 Å². The predicted molar refractivity (Wildman–Crippen MR) is 37.8 cm³/mol. The Kier molecular flexibility index (Phi) is 5.59. The topological polar surface area (TPSA) is 18.5 Å². The molecule has 0 aromatic heterocycles. The van der Waals surface area contributed by atoms with Crippen LogP contribution in [0.25, 0.3) is 0 Å². The average molecular weight is 137 g/mol. The van der Waals surface area contributed by atoms with Crippen LogP contribution in [0.3, 0.4) is 0 Å². The smallest absolute Gasteiger partial charge is 0.0601 e. The molecule has 1 radical (unpaired) electrons. The van der Waals surface area contributed by atoms with Gasteiger partial charge in [-0.2, -0.15) is 0 Å². The van der Waals surface area contributed by atoms with Crippen molar-refractivity contribution in [1.82, 2.24) is 0 Å². The summed E-state index contributed by atoms with van der Waals surface area (Å²) in [6, 6.07) is 0. The van der Waals surface area contributed by atoms with E-state index in [4.69, 9.17) is 8.37 Å². The fourth-order valence-corrected chi connectivity index (χ4v) is 1.16. The minimum Gasteiger partial charge on any atom is -0.290 e. The van der Waals surface area contributed by atoms with Crippen LogP contribution >= 0.6 is 11.5 Å². The first-order valence-electron chi connectivity index (χ1n) is 2.50. The molecule has 0 unspecified atom stereocenters. The lowest BCUT2D eigenvalue weighted by Gasteiger charge is -2.19. The van der Waals surface area contributed by atoms with Crippen LogP contribution in [0, 0.1) is 6.92 Å². The zero-order chi connectivity index (χ0) is 6.41. The van der Waals surface area contributed by atoms with Crippen molar-refractivity contribution in [2.75, 3.05) is 20.0 Å². The Morgan fingerprint density at radius 2 is 1.88 bits per heavy atom. The van der Waals surface area contributed by atoms with Gasteiger partial charge in [0.2, 0.25) is 0 Å². The highest BCUT2D eigenvalue weighted by Gasteiger charge is 1.90. The Morgan fingerprint density at radius 1 is 1.38 bits per heavy atom. The first kappa shape index (κ1) is 8.27. The van der Waals surface area contributed by atoms with Gasteiger partial charge in [0.15, 0.2) is 0 Å². The third-order valence-electron chi connectivity index (χ3n) is 0.748. The van der Waals surface area contributed by atoms with Gasteiger partial charge in [0.05, 0.1) is 14.2 Å². The average Bonchev–Trinajstić information content (AvgIpc) is 1.83. The molecule has 0 heterocycles. The minimum absolute atomic E-state index is 0.619. The molecule has 51 valence electrons. The second-order valence-corrected chi connectivity index (χ2v) is 3.12. The van der Waals surface area contributed by atoms with Crippen molar-refractivity contribution < 1.29 is 8.37 Å². The highest BCUT2D eigenvalue weighted by atomic mass is 32.2. The zero-order valence-electron chi connectivity index (χ0n) is 5.39. The van der Waals surface area contributed by atoms with Crippen molar-refractivity contribution in [2.24, 2.45) is 0 Å². The summed E-state index contributed by atoms with van der Waals surface area (Å²) in [6.07, 6.45) is 0.882. The zero-order valence-corrected chi connectivity index (χ0v) is 6.28. The van der Waals surface area contributed by atoms with E-state index in [9.17, 15) is 0 Å². The van der Waals surface area contributed by atoms with E-state index in [1.807, 2.05) is 0 Å². The molecule has 0 atom stereocenters. The summed E-state index contributed by atoms with van der Waals surface area (Å²) in [7, 11) is 3.32. The minimum atomic E-state index is -0.619. The van der Waals surface area contributed by atoms with Crippen LogP contribution in [0.5, 0.6) is 0 Å². The van der Waals surface area contributed by atoms with Gasteiger partial charge in [-0.1, -0.05) is 6.92 Å². The van der Waals surface area contributed by atoms with Crippen LogP contribution < -0.4 is 0 Å². The van der Waals surface area contributed by atoms with Crippen molar-refractivity contribution in [3.05, 3.63) is 6.92 Å². The fraction of sp³-hybridized carbons (Fsp3) is 0.800. The molecule has 0 rings (SSSR count). The van der Waals surface area contributed by atoms with Crippen LogP contribution in [-0.4, -0.2) is 20.0 Å². The first-order chi connectivity index (χ1) is 3.85. The van der Waals surface area contributed by atoms with E-state index >= 15 is 0 Å². The molecule has 0 bridgehead atoms. The summed E-state index contributed by atoms with van der Waals surface area (Å²) in [6.45, 7) is 3.68. The Bertz CT molecular complexity index is 45.7. The summed E-state index contributed by atoms with van der Waals surface area (Å²) in [5.41, 5.74) is 0. The molecule has 0 fully saturated rings. The lowest BCUT2D eigenvalue weighted by atomic mass is 10.6. The Morgan fingerprint density at radius 3 is 2.00 bits per heavy atom. The molecular formula is C5H13O2S. The molecule has 0 aromatic carbocycles. The van der Waals surface area contributed by atoms with E-state index in [-0.39, 0.29) is 0 Å². The van der Waals surface area contributed by atoms with Gasteiger partial charge in [-0.25, -0.2) is 11.5 Å². The molecule has 2 nitrogen and oxygen atoms in total. The highest BCUT2D eigenvalue weighted by molar-refractivity contribution is 8.08. The first-order valence-corrected chi connectivity index (χ1v) is 3.86. The molecular weight excluding hydrogens is 124 g/mol. The fourth-order valence-electron chi connectivity index (χ4n) is 0.386. The second kappa shape index (κ2) is 5.41. The van der Waals surface area contributed by atoms with E-state index in [0.29, 0.717) is 0 Å². The third kappa shape index (κ3) is 3.29. The van der Waals surface area contributed by atoms with Gasteiger partial charge in [-0.15, -0.1) is 0 Å². The van der Waals surface area contributed by atoms with Gasteiger partial charge in [-0.3, -0.25) is 8.37 Å². The van der Waals surface area contributed by atoms with Crippen LogP contribution in [0.15, 0.2) is 0 Å².